The zero-order valence-corrected chi connectivity index (χ0v) is 13.6. The van der Waals surface area contributed by atoms with Crippen LogP contribution in [-0.2, 0) is 25.7 Å². The summed E-state index contributed by atoms with van der Waals surface area (Å²) in [5.74, 6) is 0.797. The van der Waals surface area contributed by atoms with Gasteiger partial charge in [-0.2, -0.15) is 4.98 Å². The molecule has 1 atom stereocenters. The van der Waals surface area contributed by atoms with Crippen molar-refractivity contribution in [3.8, 4) is 0 Å². The van der Waals surface area contributed by atoms with Crippen LogP contribution in [-0.4, -0.2) is 37.5 Å². The lowest BCUT2D eigenvalue weighted by molar-refractivity contribution is 0.0939. The predicted octanol–water partition coefficient (Wildman–Crippen LogP) is 1.85. The summed E-state index contributed by atoms with van der Waals surface area (Å²) in [6, 6.07) is 0. The van der Waals surface area contributed by atoms with Crippen LogP contribution in [0.15, 0.2) is 4.52 Å². The Labute approximate surface area is 125 Å². The number of aromatic nitrogens is 2. The molecular weight excluding hydrogens is 292 g/mol. The van der Waals surface area contributed by atoms with E-state index >= 15 is 0 Å². The van der Waals surface area contributed by atoms with Crippen molar-refractivity contribution >= 4 is 9.84 Å². The van der Waals surface area contributed by atoms with Gasteiger partial charge in [-0.3, -0.25) is 0 Å². The Kier molecular flexibility index (Phi) is 3.40. The molecule has 7 heteroatoms. The third-order valence-corrected chi connectivity index (χ3v) is 6.65. The summed E-state index contributed by atoms with van der Waals surface area (Å²) < 4.78 is 34.1. The molecule has 1 aliphatic carbocycles. The van der Waals surface area contributed by atoms with Crippen LogP contribution in [0.4, 0.5) is 0 Å². The van der Waals surface area contributed by atoms with E-state index in [1.807, 2.05) is 0 Å². The molecule has 0 bridgehead atoms. The van der Waals surface area contributed by atoms with Crippen molar-refractivity contribution in [3.63, 3.8) is 0 Å². The van der Waals surface area contributed by atoms with E-state index in [2.05, 4.69) is 24.0 Å². The van der Waals surface area contributed by atoms with Crippen LogP contribution in [0.2, 0.25) is 0 Å². The Balaban J connectivity index is 1.75. The molecule has 2 heterocycles. The van der Waals surface area contributed by atoms with Gasteiger partial charge in [0, 0.05) is 6.26 Å². The van der Waals surface area contributed by atoms with Crippen LogP contribution < -0.4 is 0 Å². The molecule has 0 spiro atoms. The molecular formula is C14H22N2O4S. The van der Waals surface area contributed by atoms with Crippen molar-refractivity contribution in [2.45, 2.75) is 56.8 Å². The van der Waals surface area contributed by atoms with Crippen molar-refractivity contribution in [1.29, 1.82) is 0 Å². The molecule has 0 amide bonds. The van der Waals surface area contributed by atoms with Gasteiger partial charge >= 0.3 is 0 Å². The van der Waals surface area contributed by atoms with Crippen LogP contribution in [0.25, 0.3) is 0 Å². The lowest BCUT2D eigenvalue weighted by atomic mass is 9.83. The van der Waals surface area contributed by atoms with Gasteiger partial charge in [0.2, 0.25) is 5.89 Å². The summed E-state index contributed by atoms with van der Waals surface area (Å²) >= 11 is 0. The quantitative estimate of drug-likeness (QED) is 0.843. The largest absolute Gasteiger partial charge is 0.377 e. The summed E-state index contributed by atoms with van der Waals surface area (Å²) in [6.07, 6.45) is 4.87. The van der Waals surface area contributed by atoms with Crippen molar-refractivity contribution in [1.82, 2.24) is 10.1 Å². The maximum atomic E-state index is 12.0. The first-order valence-corrected chi connectivity index (χ1v) is 9.25. The highest BCUT2D eigenvalue weighted by molar-refractivity contribution is 7.91. The van der Waals surface area contributed by atoms with E-state index in [1.165, 1.54) is 6.26 Å². The van der Waals surface area contributed by atoms with Crippen molar-refractivity contribution in [2.75, 3.05) is 12.9 Å². The molecule has 1 saturated heterocycles. The van der Waals surface area contributed by atoms with Gasteiger partial charge in [0.25, 0.3) is 0 Å². The molecule has 6 nitrogen and oxygen atoms in total. The monoisotopic (exact) mass is 314 g/mol. The van der Waals surface area contributed by atoms with Gasteiger partial charge in [-0.25, -0.2) is 8.42 Å². The fourth-order valence-corrected chi connectivity index (χ4v) is 4.63. The second kappa shape index (κ2) is 4.78. The van der Waals surface area contributed by atoms with Crippen LogP contribution in [0.5, 0.6) is 0 Å². The number of ether oxygens (including phenoxy) is 1. The molecule has 0 N–H and O–H groups in total. The minimum Gasteiger partial charge on any atom is -0.377 e. The topological polar surface area (TPSA) is 82.3 Å². The van der Waals surface area contributed by atoms with Gasteiger partial charge in [-0.1, -0.05) is 19.0 Å². The van der Waals surface area contributed by atoms with Gasteiger partial charge in [-0.15, -0.1) is 0 Å². The van der Waals surface area contributed by atoms with Crippen LogP contribution >= 0.6 is 0 Å². The molecule has 0 radical (unpaired) electrons. The first-order valence-electron chi connectivity index (χ1n) is 7.36. The molecule has 1 aromatic heterocycles. The standard InChI is InChI=1S/C14H22N2O4S/c1-13(2)8-10(19-9-13)7-11-15-12(16-20-11)14(5-4-6-14)21(3,17)18/h10H,4-9H2,1-3H3. The summed E-state index contributed by atoms with van der Waals surface area (Å²) in [6.45, 7) is 5.06. The zero-order valence-electron chi connectivity index (χ0n) is 12.8. The molecule has 118 valence electrons. The molecule has 2 fully saturated rings. The highest BCUT2D eigenvalue weighted by atomic mass is 32.2. The normalized spacial score (nSPS) is 27.5. The zero-order chi connectivity index (χ0) is 15.3. The maximum Gasteiger partial charge on any atom is 0.229 e. The number of hydrogen-bond donors (Lipinski definition) is 0. The van der Waals surface area contributed by atoms with Crippen LogP contribution in [0.3, 0.4) is 0 Å². The maximum absolute atomic E-state index is 12.0. The Morgan fingerprint density at radius 3 is 2.52 bits per heavy atom. The van der Waals surface area contributed by atoms with E-state index < -0.39 is 14.6 Å². The molecule has 1 aliphatic heterocycles. The van der Waals surface area contributed by atoms with E-state index in [1.54, 1.807) is 0 Å². The minimum atomic E-state index is -3.23. The lowest BCUT2D eigenvalue weighted by Crippen LogP contribution is -2.42. The molecule has 21 heavy (non-hydrogen) atoms. The molecule has 1 saturated carbocycles. The average Bonchev–Trinajstić information content (AvgIpc) is 2.83. The fraction of sp³-hybridized carbons (Fsp3) is 0.857. The first-order chi connectivity index (χ1) is 9.72. The number of hydrogen-bond acceptors (Lipinski definition) is 6. The number of sulfone groups is 1. The smallest absolute Gasteiger partial charge is 0.229 e. The predicted molar refractivity (Wildman–Crippen MR) is 76.5 cm³/mol. The van der Waals surface area contributed by atoms with Crippen molar-refractivity contribution < 1.29 is 17.7 Å². The Morgan fingerprint density at radius 2 is 2.05 bits per heavy atom. The van der Waals surface area contributed by atoms with Gasteiger partial charge in [0.1, 0.15) is 4.75 Å². The van der Waals surface area contributed by atoms with Gasteiger partial charge in [-0.05, 0) is 31.1 Å². The van der Waals surface area contributed by atoms with E-state index in [4.69, 9.17) is 9.26 Å². The highest BCUT2D eigenvalue weighted by Crippen LogP contribution is 2.46. The molecule has 1 unspecified atom stereocenters. The highest BCUT2D eigenvalue weighted by Gasteiger charge is 2.51. The van der Waals surface area contributed by atoms with E-state index in [9.17, 15) is 8.42 Å². The minimum absolute atomic E-state index is 0.0730. The van der Waals surface area contributed by atoms with E-state index in [-0.39, 0.29) is 11.5 Å². The SMILES string of the molecule is CC1(C)COC(Cc2nc(C3(S(C)(=O)=O)CCC3)no2)C1. The Hall–Kier alpha value is -0.950. The Bertz CT molecular complexity index is 631. The number of rotatable bonds is 4. The molecule has 0 aromatic carbocycles. The molecule has 2 aliphatic rings. The van der Waals surface area contributed by atoms with Gasteiger partial charge in [0.15, 0.2) is 15.7 Å². The summed E-state index contributed by atoms with van der Waals surface area (Å²) in [5.41, 5.74) is 0.176. The molecule has 3 rings (SSSR count). The van der Waals surface area contributed by atoms with Crippen molar-refractivity contribution in [2.24, 2.45) is 5.41 Å². The Morgan fingerprint density at radius 1 is 1.33 bits per heavy atom. The summed E-state index contributed by atoms with van der Waals surface area (Å²) in [7, 11) is -3.23. The van der Waals surface area contributed by atoms with E-state index in [0.717, 1.165) is 19.4 Å². The molecule has 1 aromatic rings. The van der Waals surface area contributed by atoms with Crippen LogP contribution in [0, 0.1) is 5.41 Å². The third-order valence-electron chi connectivity index (χ3n) is 4.64. The van der Waals surface area contributed by atoms with E-state index in [0.29, 0.717) is 31.0 Å². The second-order valence-corrected chi connectivity index (χ2v) is 9.46. The van der Waals surface area contributed by atoms with Crippen molar-refractivity contribution in [3.05, 3.63) is 11.7 Å². The number of nitrogens with zero attached hydrogens (tertiary/aromatic N) is 2. The third kappa shape index (κ3) is 2.61. The first kappa shape index (κ1) is 15.0. The average molecular weight is 314 g/mol. The summed E-state index contributed by atoms with van der Waals surface area (Å²) in [5, 5.41) is 3.93. The van der Waals surface area contributed by atoms with Gasteiger partial charge < -0.3 is 9.26 Å². The summed E-state index contributed by atoms with van der Waals surface area (Å²) in [4.78, 5) is 4.35. The van der Waals surface area contributed by atoms with Crippen LogP contribution in [0.1, 0.15) is 51.2 Å². The van der Waals surface area contributed by atoms with Gasteiger partial charge in [0.05, 0.1) is 19.1 Å². The second-order valence-electron chi connectivity index (χ2n) is 7.14. The fourth-order valence-electron chi connectivity index (χ4n) is 3.18. The lowest BCUT2D eigenvalue weighted by Gasteiger charge is -2.36.